The second-order valence-electron chi connectivity index (χ2n) is 7.17. The fourth-order valence-corrected chi connectivity index (χ4v) is 4.86. The molecule has 0 aliphatic heterocycles. The highest BCUT2D eigenvalue weighted by atomic mass is 16.5. The van der Waals surface area contributed by atoms with E-state index in [2.05, 4.69) is 26.0 Å². The average Bonchev–Trinajstić information content (AvgIpc) is 2.46. The molecule has 0 radical (unpaired) electrons. The Bertz CT molecular complexity index is 583. The minimum Gasteiger partial charge on any atom is -0.497 e. The van der Waals surface area contributed by atoms with Crippen LogP contribution in [0.25, 0.3) is 0 Å². The Balaban J connectivity index is 2.12. The van der Waals surface area contributed by atoms with Crippen molar-refractivity contribution < 1.29 is 9.53 Å². The predicted octanol–water partition coefficient (Wildman–Crippen LogP) is 3.19. The summed E-state index contributed by atoms with van der Waals surface area (Å²) < 4.78 is 5.41. The van der Waals surface area contributed by atoms with Gasteiger partial charge in [-0.2, -0.15) is 0 Å². The largest absolute Gasteiger partial charge is 0.497 e. The summed E-state index contributed by atoms with van der Waals surface area (Å²) in [6, 6.07) is 6.40. The summed E-state index contributed by atoms with van der Waals surface area (Å²) >= 11 is 0. The molecular weight excluding hydrogens is 262 g/mol. The third-order valence-corrected chi connectivity index (χ3v) is 6.13. The van der Waals surface area contributed by atoms with E-state index in [-0.39, 0.29) is 16.7 Å². The van der Waals surface area contributed by atoms with E-state index >= 15 is 0 Å². The number of primary amides is 1. The molecule has 1 aromatic carbocycles. The number of carbonyl (C=O) groups is 1. The minimum absolute atomic E-state index is 0.0319. The van der Waals surface area contributed by atoms with E-state index in [1.807, 2.05) is 6.07 Å². The van der Waals surface area contributed by atoms with E-state index in [1.165, 1.54) is 11.1 Å². The SMILES string of the molecule is COc1ccc2c(c1)[C@@]1(C)CCC[C@@](C)(C(N)=O)[C@@H]1CC2. The third kappa shape index (κ3) is 1.97. The molecule has 3 atom stereocenters. The van der Waals surface area contributed by atoms with Crippen molar-refractivity contribution in [3.8, 4) is 5.75 Å². The lowest BCUT2D eigenvalue weighted by Gasteiger charge is -2.54. The van der Waals surface area contributed by atoms with E-state index in [0.29, 0.717) is 5.92 Å². The summed E-state index contributed by atoms with van der Waals surface area (Å²) in [5.41, 5.74) is 8.20. The number of methoxy groups -OCH3 is 1. The molecule has 2 N–H and O–H groups in total. The zero-order chi connectivity index (χ0) is 15.3. The van der Waals surface area contributed by atoms with Gasteiger partial charge in [0.2, 0.25) is 5.91 Å². The molecule has 3 nitrogen and oxygen atoms in total. The van der Waals surface area contributed by atoms with Gasteiger partial charge in [-0.25, -0.2) is 0 Å². The summed E-state index contributed by atoms with van der Waals surface area (Å²) in [7, 11) is 1.71. The van der Waals surface area contributed by atoms with Crippen molar-refractivity contribution in [1.82, 2.24) is 0 Å². The number of nitrogens with two attached hydrogens (primary N) is 1. The van der Waals surface area contributed by atoms with E-state index in [1.54, 1.807) is 7.11 Å². The summed E-state index contributed by atoms with van der Waals surface area (Å²) in [5, 5.41) is 0. The number of fused-ring (bicyclic) bond motifs is 3. The fourth-order valence-electron chi connectivity index (χ4n) is 4.86. The van der Waals surface area contributed by atoms with Crippen molar-refractivity contribution in [2.45, 2.75) is 51.4 Å². The van der Waals surface area contributed by atoms with Crippen molar-refractivity contribution >= 4 is 5.91 Å². The van der Waals surface area contributed by atoms with Gasteiger partial charge in [-0.1, -0.05) is 26.3 Å². The summed E-state index contributed by atoms with van der Waals surface area (Å²) in [6.45, 7) is 4.39. The van der Waals surface area contributed by atoms with Gasteiger partial charge in [-0.05, 0) is 60.3 Å². The number of hydrogen-bond acceptors (Lipinski definition) is 2. The Hall–Kier alpha value is -1.51. The number of aryl methyl sites for hydroxylation is 1. The number of hydrogen-bond donors (Lipinski definition) is 1. The van der Waals surface area contributed by atoms with Gasteiger partial charge in [0.25, 0.3) is 0 Å². The van der Waals surface area contributed by atoms with Crippen LogP contribution < -0.4 is 10.5 Å². The van der Waals surface area contributed by atoms with Crippen molar-refractivity contribution in [1.29, 1.82) is 0 Å². The Labute approximate surface area is 126 Å². The van der Waals surface area contributed by atoms with Gasteiger partial charge in [-0.3, -0.25) is 4.79 Å². The van der Waals surface area contributed by atoms with Crippen molar-refractivity contribution in [2.75, 3.05) is 7.11 Å². The van der Waals surface area contributed by atoms with Crippen LogP contribution >= 0.6 is 0 Å². The highest BCUT2D eigenvalue weighted by Gasteiger charge is 2.54. The zero-order valence-electron chi connectivity index (χ0n) is 13.2. The summed E-state index contributed by atoms with van der Waals surface area (Å²) in [6.07, 6.45) is 5.18. The maximum atomic E-state index is 12.1. The van der Waals surface area contributed by atoms with Crippen LogP contribution in [0.1, 0.15) is 50.7 Å². The quantitative estimate of drug-likeness (QED) is 0.908. The summed E-state index contributed by atoms with van der Waals surface area (Å²) in [5.74, 6) is 1.10. The van der Waals surface area contributed by atoms with E-state index in [0.717, 1.165) is 37.9 Å². The molecule has 114 valence electrons. The Morgan fingerprint density at radius 1 is 1.33 bits per heavy atom. The van der Waals surface area contributed by atoms with Crippen molar-refractivity contribution in [3.63, 3.8) is 0 Å². The lowest BCUT2D eigenvalue weighted by Crippen LogP contribution is -2.54. The molecule has 2 aliphatic carbocycles. The van der Waals surface area contributed by atoms with Crippen LogP contribution in [0, 0.1) is 11.3 Å². The van der Waals surface area contributed by atoms with Crippen LogP contribution in [0.3, 0.4) is 0 Å². The molecule has 0 heterocycles. The second kappa shape index (κ2) is 4.75. The van der Waals surface area contributed by atoms with Gasteiger partial charge in [0, 0.05) is 5.41 Å². The first kappa shape index (κ1) is 14.4. The molecule has 1 aromatic rings. The van der Waals surface area contributed by atoms with Gasteiger partial charge < -0.3 is 10.5 Å². The molecule has 1 saturated carbocycles. The molecule has 0 spiro atoms. The van der Waals surface area contributed by atoms with E-state index in [9.17, 15) is 4.79 Å². The lowest BCUT2D eigenvalue weighted by atomic mass is 9.49. The molecule has 3 heteroatoms. The molecular formula is C18H25NO2. The molecule has 0 aromatic heterocycles. The highest BCUT2D eigenvalue weighted by Crippen LogP contribution is 2.57. The van der Waals surface area contributed by atoms with Gasteiger partial charge in [-0.15, -0.1) is 0 Å². The highest BCUT2D eigenvalue weighted by molar-refractivity contribution is 5.81. The zero-order valence-corrected chi connectivity index (χ0v) is 13.2. The van der Waals surface area contributed by atoms with Crippen molar-refractivity contribution in [3.05, 3.63) is 29.3 Å². The monoisotopic (exact) mass is 287 g/mol. The molecule has 0 saturated heterocycles. The molecule has 2 aliphatic rings. The van der Waals surface area contributed by atoms with Gasteiger partial charge in [0.1, 0.15) is 5.75 Å². The summed E-state index contributed by atoms with van der Waals surface area (Å²) in [4.78, 5) is 12.1. The first-order valence-corrected chi connectivity index (χ1v) is 7.89. The Morgan fingerprint density at radius 3 is 2.76 bits per heavy atom. The second-order valence-corrected chi connectivity index (χ2v) is 7.17. The van der Waals surface area contributed by atoms with E-state index < -0.39 is 0 Å². The standard InChI is InChI=1S/C18H25NO2/c1-17-9-4-10-18(2,16(19)20)15(17)8-6-12-5-7-13(21-3)11-14(12)17/h5,7,11,15H,4,6,8-10H2,1-3H3,(H2,19,20)/t15-,17-,18-/m1/s1. The molecule has 0 bridgehead atoms. The van der Waals surface area contributed by atoms with Gasteiger partial charge in [0.15, 0.2) is 0 Å². The number of ether oxygens (including phenoxy) is 1. The Kier molecular flexibility index (Phi) is 3.27. The molecule has 3 rings (SSSR count). The van der Waals surface area contributed by atoms with Crippen LogP contribution in [0.4, 0.5) is 0 Å². The maximum absolute atomic E-state index is 12.1. The van der Waals surface area contributed by atoms with Crippen molar-refractivity contribution in [2.24, 2.45) is 17.1 Å². The van der Waals surface area contributed by atoms with Crippen LogP contribution in [0.2, 0.25) is 0 Å². The van der Waals surface area contributed by atoms with E-state index in [4.69, 9.17) is 10.5 Å². The third-order valence-electron chi connectivity index (χ3n) is 6.13. The normalized spacial score (nSPS) is 34.7. The molecule has 0 unspecified atom stereocenters. The topological polar surface area (TPSA) is 52.3 Å². The van der Waals surface area contributed by atoms with Crippen LogP contribution in [0.15, 0.2) is 18.2 Å². The molecule has 1 amide bonds. The number of amides is 1. The predicted molar refractivity (Wildman–Crippen MR) is 83.3 cm³/mol. The molecule has 21 heavy (non-hydrogen) atoms. The fraction of sp³-hybridized carbons (Fsp3) is 0.611. The Morgan fingerprint density at radius 2 is 2.10 bits per heavy atom. The van der Waals surface area contributed by atoms with Crippen LogP contribution in [-0.4, -0.2) is 13.0 Å². The molecule has 1 fully saturated rings. The minimum atomic E-state index is -0.381. The smallest absolute Gasteiger partial charge is 0.223 e. The van der Waals surface area contributed by atoms with Gasteiger partial charge >= 0.3 is 0 Å². The maximum Gasteiger partial charge on any atom is 0.223 e. The van der Waals surface area contributed by atoms with Crippen LogP contribution in [-0.2, 0) is 16.6 Å². The number of benzene rings is 1. The first-order chi connectivity index (χ1) is 9.91. The lowest BCUT2D eigenvalue weighted by molar-refractivity contribution is -0.135. The first-order valence-electron chi connectivity index (χ1n) is 7.89. The average molecular weight is 287 g/mol. The number of rotatable bonds is 2. The van der Waals surface area contributed by atoms with Gasteiger partial charge in [0.05, 0.1) is 7.11 Å². The van der Waals surface area contributed by atoms with Crippen LogP contribution in [0.5, 0.6) is 5.75 Å². The number of carbonyl (C=O) groups excluding carboxylic acids is 1.